The molecule has 0 atom stereocenters. The average Bonchev–Trinajstić information content (AvgIpc) is 3.27. The summed E-state index contributed by atoms with van der Waals surface area (Å²) in [4.78, 5) is 19.8. The summed E-state index contributed by atoms with van der Waals surface area (Å²) in [6, 6.07) is 26.1. The van der Waals surface area contributed by atoms with Gasteiger partial charge in [-0.15, -0.1) is 0 Å². The molecule has 0 aliphatic heterocycles. The Morgan fingerprint density at radius 3 is 2.56 bits per heavy atom. The smallest absolute Gasteiger partial charge is 0.228 e. The van der Waals surface area contributed by atoms with E-state index in [1.807, 2.05) is 60.7 Å². The molecule has 0 unspecified atom stereocenters. The van der Waals surface area contributed by atoms with Crippen LogP contribution in [-0.2, 0) is 6.61 Å². The van der Waals surface area contributed by atoms with Crippen molar-refractivity contribution in [3.63, 3.8) is 0 Å². The monoisotopic (exact) mass is 422 g/mol. The maximum atomic E-state index is 10.9. The number of fused-ring (bicyclic) bond motifs is 1. The highest BCUT2D eigenvalue weighted by atomic mass is 16.5. The van der Waals surface area contributed by atoms with Crippen LogP contribution in [0.25, 0.3) is 22.6 Å². The van der Waals surface area contributed by atoms with E-state index in [0.717, 1.165) is 11.8 Å². The molecule has 32 heavy (non-hydrogen) atoms. The summed E-state index contributed by atoms with van der Waals surface area (Å²) in [5.41, 5.74) is 3.58. The topological polar surface area (TPSA) is 74.5 Å². The van der Waals surface area contributed by atoms with E-state index in [4.69, 9.17) is 13.9 Å². The van der Waals surface area contributed by atoms with Gasteiger partial charge in [0, 0.05) is 23.9 Å². The van der Waals surface area contributed by atoms with Crippen molar-refractivity contribution in [2.75, 3.05) is 0 Å². The fraction of sp³-hybridized carbons (Fsp3) is 0.0385. The predicted molar refractivity (Wildman–Crippen MR) is 120 cm³/mol. The van der Waals surface area contributed by atoms with Crippen molar-refractivity contribution >= 4 is 17.4 Å². The quantitative estimate of drug-likeness (QED) is 0.296. The van der Waals surface area contributed by atoms with E-state index in [-0.39, 0.29) is 0 Å². The van der Waals surface area contributed by atoms with Crippen LogP contribution in [0.15, 0.2) is 95.5 Å². The molecule has 0 radical (unpaired) electrons. The van der Waals surface area contributed by atoms with Crippen LogP contribution in [0.2, 0.25) is 0 Å². The fourth-order valence-corrected chi connectivity index (χ4v) is 3.19. The van der Waals surface area contributed by atoms with Crippen molar-refractivity contribution in [3.05, 3.63) is 102 Å². The summed E-state index contributed by atoms with van der Waals surface area (Å²) in [6.45, 7) is 0.482. The standard InChI is InChI=1S/C26H18N2O4/c29-16-19-9-11-23-24(13-19)32-26(28-23)20-10-12-25(27-15-20)31-22-8-4-7-21(14-22)30-17-18-5-2-1-3-6-18/h1-16H,17H2. The maximum absolute atomic E-state index is 10.9. The third kappa shape index (κ3) is 4.34. The summed E-state index contributed by atoms with van der Waals surface area (Å²) in [5, 5.41) is 0. The first-order chi connectivity index (χ1) is 15.8. The van der Waals surface area contributed by atoms with E-state index in [9.17, 15) is 4.79 Å². The summed E-state index contributed by atoms with van der Waals surface area (Å²) in [6.07, 6.45) is 2.41. The molecule has 2 aromatic heterocycles. The van der Waals surface area contributed by atoms with Crippen LogP contribution in [-0.4, -0.2) is 16.3 Å². The first-order valence-electron chi connectivity index (χ1n) is 10.0. The number of aldehydes is 1. The van der Waals surface area contributed by atoms with Crippen LogP contribution in [0.1, 0.15) is 15.9 Å². The SMILES string of the molecule is O=Cc1ccc2nc(-c3ccc(Oc4cccc(OCc5ccccc5)c4)nc3)oc2c1. The van der Waals surface area contributed by atoms with E-state index < -0.39 is 0 Å². The number of carbonyl (C=O) groups is 1. The number of pyridine rings is 1. The second-order valence-electron chi connectivity index (χ2n) is 7.10. The molecule has 5 aromatic rings. The Morgan fingerprint density at radius 2 is 1.75 bits per heavy atom. The lowest BCUT2D eigenvalue weighted by Crippen LogP contribution is -1.95. The summed E-state index contributed by atoms with van der Waals surface area (Å²) >= 11 is 0. The minimum Gasteiger partial charge on any atom is -0.489 e. The van der Waals surface area contributed by atoms with Gasteiger partial charge in [0.05, 0.1) is 5.56 Å². The minimum atomic E-state index is 0.429. The van der Waals surface area contributed by atoms with Gasteiger partial charge >= 0.3 is 0 Å². The molecule has 156 valence electrons. The number of hydrogen-bond donors (Lipinski definition) is 0. The molecule has 2 heterocycles. The lowest BCUT2D eigenvalue weighted by Gasteiger charge is -2.09. The van der Waals surface area contributed by atoms with E-state index in [0.29, 0.717) is 52.1 Å². The molecule has 0 saturated carbocycles. The third-order valence-corrected chi connectivity index (χ3v) is 4.81. The third-order valence-electron chi connectivity index (χ3n) is 4.81. The van der Waals surface area contributed by atoms with Crippen LogP contribution in [0.5, 0.6) is 17.4 Å². The minimum absolute atomic E-state index is 0.429. The van der Waals surface area contributed by atoms with Crippen molar-refractivity contribution in [2.24, 2.45) is 0 Å². The van der Waals surface area contributed by atoms with Gasteiger partial charge in [-0.25, -0.2) is 9.97 Å². The lowest BCUT2D eigenvalue weighted by atomic mass is 10.2. The largest absolute Gasteiger partial charge is 0.489 e. The fourth-order valence-electron chi connectivity index (χ4n) is 3.19. The van der Waals surface area contributed by atoms with E-state index in [2.05, 4.69) is 9.97 Å². The predicted octanol–water partition coefficient (Wildman–Crippen LogP) is 6.07. The molecule has 0 saturated heterocycles. The second kappa shape index (κ2) is 8.73. The van der Waals surface area contributed by atoms with Crippen molar-refractivity contribution in [1.29, 1.82) is 0 Å². The number of benzene rings is 3. The highest BCUT2D eigenvalue weighted by Gasteiger charge is 2.10. The van der Waals surface area contributed by atoms with E-state index in [1.165, 1.54) is 0 Å². The molecule has 6 nitrogen and oxygen atoms in total. The molecule has 6 heteroatoms. The number of oxazole rings is 1. The molecular weight excluding hydrogens is 404 g/mol. The Hall–Kier alpha value is -4.45. The van der Waals surface area contributed by atoms with Crippen LogP contribution in [0.4, 0.5) is 0 Å². The Kier molecular flexibility index (Phi) is 5.32. The zero-order chi connectivity index (χ0) is 21.8. The molecule has 0 aliphatic rings. The lowest BCUT2D eigenvalue weighted by molar-refractivity contribution is 0.112. The average molecular weight is 422 g/mol. The number of nitrogens with zero attached hydrogens (tertiary/aromatic N) is 2. The molecule has 5 rings (SSSR count). The zero-order valence-electron chi connectivity index (χ0n) is 17.0. The molecular formula is C26H18N2O4. The molecule has 0 bridgehead atoms. The van der Waals surface area contributed by atoms with Crippen LogP contribution >= 0.6 is 0 Å². The molecule has 0 spiro atoms. The zero-order valence-corrected chi connectivity index (χ0v) is 17.0. The van der Waals surface area contributed by atoms with Gasteiger partial charge in [0.25, 0.3) is 0 Å². The number of aromatic nitrogens is 2. The Morgan fingerprint density at radius 1 is 0.875 bits per heavy atom. The van der Waals surface area contributed by atoms with Gasteiger partial charge in [-0.2, -0.15) is 0 Å². The van der Waals surface area contributed by atoms with Gasteiger partial charge in [-0.3, -0.25) is 4.79 Å². The molecule has 0 fully saturated rings. The van der Waals surface area contributed by atoms with Gasteiger partial charge in [0.15, 0.2) is 5.58 Å². The second-order valence-corrected chi connectivity index (χ2v) is 7.10. The maximum Gasteiger partial charge on any atom is 0.228 e. The Labute approximate surface area is 184 Å². The van der Waals surface area contributed by atoms with Crippen molar-refractivity contribution in [3.8, 4) is 28.8 Å². The van der Waals surface area contributed by atoms with Crippen molar-refractivity contribution in [1.82, 2.24) is 9.97 Å². The Bertz CT molecular complexity index is 1360. The van der Waals surface area contributed by atoms with E-state index in [1.54, 1.807) is 30.5 Å². The van der Waals surface area contributed by atoms with Crippen molar-refractivity contribution in [2.45, 2.75) is 6.61 Å². The number of ether oxygens (including phenoxy) is 2. The normalized spacial score (nSPS) is 10.8. The molecule has 3 aromatic carbocycles. The molecule has 0 N–H and O–H groups in total. The van der Waals surface area contributed by atoms with E-state index >= 15 is 0 Å². The van der Waals surface area contributed by atoms with Crippen LogP contribution < -0.4 is 9.47 Å². The van der Waals surface area contributed by atoms with Gasteiger partial charge in [0.1, 0.15) is 29.9 Å². The number of rotatable bonds is 7. The van der Waals surface area contributed by atoms with Crippen molar-refractivity contribution < 1.29 is 18.7 Å². The van der Waals surface area contributed by atoms with Gasteiger partial charge in [-0.1, -0.05) is 36.4 Å². The highest BCUT2D eigenvalue weighted by Crippen LogP contribution is 2.28. The highest BCUT2D eigenvalue weighted by molar-refractivity contribution is 5.84. The number of carbonyl (C=O) groups excluding carboxylic acids is 1. The molecule has 0 amide bonds. The van der Waals surface area contributed by atoms with Crippen LogP contribution in [0.3, 0.4) is 0 Å². The van der Waals surface area contributed by atoms with Gasteiger partial charge in [0.2, 0.25) is 11.8 Å². The summed E-state index contributed by atoms with van der Waals surface area (Å²) in [5.74, 6) is 2.20. The summed E-state index contributed by atoms with van der Waals surface area (Å²) < 4.78 is 17.5. The first kappa shape index (κ1) is 19.5. The van der Waals surface area contributed by atoms with Crippen LogP contribution in [0, 0.1) is 0 Å². The van der Waals surface area contributed by atoms with Gasteiger partial charge < -0.3 is 13.9 Å². The Balaban J connectivity index is 1.28. The first-order valence-corrected chi connectivity index (χ1v) is 10.0. The summed E-state index contributed by atoms with van der Waals surface area (Å²) in [7, 11) is 0. The molecule has 0 aliphatic carbocycles. The van der Waals surface area contributed by atoms with Gasteiger partial charge in [-0.05, 0) is 42.0 Å². The number of hydrogen-bond acceptors (Lipinski definition) is 6.